The van der Waals surface area contributed by atoms with Crippen LogP contribution in [0.4, 0.5) is 0 Å². The second-order valence-corrected chi connectivity index (χ2v) is 8.09. The molecular weight excluding hydrogens is 364 g/mol. The molecule has 4 rings (SSSR count). The van der Waals surface area contributed by atoms with Crippen molar-refractivity contribution < 1.29 is 18.3 Å². The van der Waals surface area contributed by atoms with Crippen LogP contribution in [0.15, 0.2) is 65.8 Å². The summed E-state index contributed by atoms with van der Waals surface area (Å²) >= 11 is 0. The smallest absolute Gasteiger partial charge is 0.307 e. The molecule has 4 aromatic rings. The number of pyridine rings is 1. The molecule has 7 heteroatoms. The quantitative estimate of drug-likeness (QED) is 0.586. The van der Waals surface area contributed by atoms with Crippen molar-refractivity contribution in [1.82, 2.24) is 8.96 Å². The molecule has 6 nitrogen and oxygen atoms in total. The molecule has 0 saturated heterocycles. The Kier molecular flexibility index (Phi) is 3.96. The summed E-state index contributed by atoms with van der Waals surface area (Å²) in [6.07, 6.45) is 2.74. The lowest BCUT2D eigenvalue weighted by Gasteiger charge is -2.11. The number of fused-ring (bicyclic) bond motifs is 2. The van der Waals surface area contributed by atoms with Gasteiger partial charge in [0.1, 0.15) is 0 Å². The third kappa shape index (κ3) is 2.76. The Balaban J connectivity index is 1.99. The molecule has 27 heavy (non-hydrogen) atoms. The average Bonchev–Trinajstić information content (AvgIpc) is 2.93. The predicted octanol–water partition coefficient (Wildman–Crippen LogP) is 3.36. The van der Waals surface area contributed by atoms with Gasteiger partial charge >= 0.3 is 5.97 Å². The fourth-order valence-electron chi connectivity index (χ4n) is 3.41. The minimum atomic E-state index is -3.91. The van der Waals surface area contributed by atoms with Crippen molar-refractivity contribution in [1.29, 1.82) is 0 Å². The lowest BCUT2D eigenvalue weighted by Crippen LogP contribution is -2.15. The van der Waals surface area contributed by atoms with Crippen molar-refractivity contribution in [3.8, 4) is 0 Å². The zero-order valence-corrected chi connectivity index (χ0v) is 15.3. The van der Waals surface area contributed by atoms with Crippen molar-refractivity contribution in [2.24, 2.45) is 0 Å². The number of carboxylic acid groups (broad SMARTS) is 1. The predicted molar refractivity (Wildman–Crippen MR) is 102 cm³/mol. The number of nitrogens with zero attached hydrogens (tertiary/aromatic N) is 2. The second kappa shape index (κ2) is 6.21. The molecule has 0 radical (unpaired) electrons. The van der Waals surface area contributed by atoms with Gasteiger partial charge in [0.2, 0.25) is 0 Å². The van der Waals surface area contributed by atoms with E-state index in [0.717, 1.165) is 10.8 Å². The number of aromatic nitrogens is 2. The van der Waals surface area contributed by atoms with E-state index < -0.39 is 16.0 Å². The Hall–Kier alpha value is -3.19. The topological polar surface area (TPSA) is 89.3 Å². The van der Waals surface area contributed by atoms with E-state index in [9.17, 15) is 18.3 Å². The highest BCUT2D eigenvalue weighted by Crippen LogP contribution is 2.30. The van der Waals surface area contributed by atoms with Crippen molar-refractivity contribution in [3.63, 3.8) is 0 Å². The molecule has 1 N–H and O–H groups in total. The van der Waals surface area contributed by atoms with Crippen LogP contribution in [0.5, 0.6) is 0 Å². The van der Waals surface area contributed by atoms with E-state index in [1.165, 1.54) is 16.4 Å². The average molecular weight is 380 g/mol. The normalized spacial score (nSPS) is 11.9. The summed E-state index contributed by atoms with van der Waals surface area (Å²) in [7, 11) is -3.91. The molecule has 0 aliphatic heterocycles. The Morgan fingerprint density at radius 3 is 2.59 bits per heavy atom. The summed E-state index contributed by atoms with van der Waals surface area (Å²) in [5, 5.41) is 11.5. The monoisotopic (exact) mass is 380 g/mol. The molecular formula is C20H16N2O4S. The summed E-state index contributed by atoms with van der Waals surface area (Å²) in [6.45, 7) is 1.62. The van der Waals surface area contributed by atoms with Crippen LogP contribution in [0.3, 0.4) is 0 Å². The van der Waals surface area contributed by atoms with Crippen LogP contribution in [0, 0.1) is 6.92 Å². The number of aliphatic carboxylic acids is 1. The molecule has 0 aliphatic carbocycles. The van der Waals surface area contributed by atoms with Crippen LogP contribution in [0.1, 0.15) is 11.3 Å². The van der Waals surface area contributed by atoms with Crippen molar-refractivity contribution in [2.75, 3.05) is 0 Å². The highest BCUT2D eigenvalue weighted by Gasteiger charge is 2.26. The van der Waals surface area contributed by atoms with Gasteiger partial charge < -0.3 is 5.11 Å². The van der Waals surface area contributed by atoms with Crippen LogP contribution in [0.2, 0.25) is 0 Å². The summed E-state index contributed by atoms with van der Waals surface area (Å²) in [4.78, 5) is 15.4. The van der Waals surface area contributed by atoms with Gasteiger partial charge in [0, 0.05) is 23.5 Å². The number of carbonyl (C=O) groups is 1. The molecule has 0 atom stereocenters. The maximum atomic E-state index is 13.4. The van der Waals surface area contributed by atoms with E-state index in [2.05, 4.69) is 4.98 Å². The third-order valence-corrected chi connectivity index (χ3v) is 6.47. The van der Waals surface area contributed by atoms with E-state index in [4.69, 9.17) is 0 Å². The first-order chi connectivity index (χ1) is 12.9. The van der Waals surface area contributed by atoms with E-state index in [1.54, 1.807) is 31.2 Å². The lowest BCUT2D eigenvalue weighted by atomic mass is 10.1. The number of hydrogen-bond acceptors (Lipinski definition) is 4. The van der Waals surface area contributed by atoms with Crippen LogP contribution in [0.25, 0.3) is 21.7 Å². The van der Waals surface area contributed by atoms with Crippen LogP contribution < -0.4 is 0 Å². The first kappa shape index (κ1) is 17.2. The number of carboxylic acids is 1. The summed E-state index contributed by atoms with van der Waals surface area (Å²) in [5.41, 5.74) is 1.26. The highest BCUT2D eigenvalue weighted by molar-refractivity contribution is 7.90. The van der Waals surface area contributed by atoms with Gasteiger partial charge in [-0.15, -0.1) is 0 Å². The summed E-state index contributed by atoms with van der Waals surface area (Å²) in [6, 6.07) is 14.1. The van der Waals surface area contributed by atoms with E-state index in [-0.39, 0.29) is 11.3 Å². The maximum Gasteiger partial charge on any atom is 0.307 e. The fraction of sp³-hybridized carbons (Fsp3) is 0.100. The summed E-state index contributed by atoms with van der Waals surface area (Å²) < 4.78 is 28.0. The van der Waals surface area contributed by atoms with E-state index in [1.807, 2.05) is 24.3 Å². The van der Waals surface area contributed by atoms with Gasteiger partial charge in [0.15, 0.2) is 0 Å². The summed E-state index contributed by atoms with van der Waals surface area (Å²) in [5.74, 6) is -1.02. The fourth-order valence-corrected chi connectivity index (χ4v) is 5.03. The molecule has 0 amide bonds. The molecule has 0 fully saturated rings. The molecule has 136 valence electrons. The standard InChI is InChI=1S/C20H16N2O4S/c1-13-17(11-20(23)24)18-12-21-9-8-19(18)22(13)27(25,26)16-7-6-14-4-2-3-5-15(14)10-16/h2-10,12H,11H2,1H3,(H,23,24). The second-order valence-electron chi connectivity index (χ2n) is 6.31. The van der Waals surface area contributed by atoms with Gasteiger partial charge in [-0.25, -0.2) is 12.4 Å². The van der Waals surface area contributed by atoms with Gasteiger partial charge in [0.25, 0.3) is 10.0 Å². The third-order valence-electron chi connectivity index (χ3n) is 4.67. The van der Waals surface area contributed by atoms with Gasteiger partial charge in [-0.2, -0.15) is 0 Å². The molecule has 0 saturated carbocycles. The van der Waals surface area contributed by atoms with Gasteiger partial charge in [0.05, 0.1) is 16.8 Å². The van der Waals surface area contributed by atoms with Crippen LogP contribution >= 0.6 is 0 Å². The lowest BCUT2D eigenvalue weighted by molar-refractivity contribution is -0.136. The highest BCUT2D eigenvalue weighted by atomic mass is 32.2. The van der Waals surface area contributed by atoms with Crippen molar-refractivity contribution >= 4 is 37.7 Å². The van der Waals surface area contributed by atoms with Gasteiger partial charge in [-0.3, -0.25) is 9.78 Å². The van der Waals surface area contributed by atoms with Gasteiger partial charge in [-0.1, -0.05) is 30.3 Å². The zero-order chi connectivity index (χ0) is 19.2. The SMILES string of the molecule is Cc1c(CC(=O)O)c2cnccc2n1S(=O)(=O)c1ccc2ccccc2c1. The minimum absolute atomic E-state index is 0.153. The largest absolute Gasteiger partial charge is 0.481 e. The molecule has 2 aromatic heterocycles. The molecule has 0 unspecified atom stereocenters. The first-order valence-corrected chi connectivity index (χ1v) is 9.73. The van der Waals surface area contributed by atoms with Gasteiger partial charge in [-0.05, 0) is 41.5 Å². The minimum Gasteiger partial charge on any atom is -0.481 e. The molecule has 2 aromatic carbocycles. The van der Waals surface area contributed by atoms with E-state index >= 15 is 0 Å². The van der Waals surface area contributed by atoms with Crippen molar-refractivity contribution in [3.05, 3.63) is 72.2 Å². The molecule has 0 bridgehead atoms. The number of hydrogen-bond donors (Lipinski definition) is 1. The van der Waals surface area contributed by atoms with Crippen LogP contribution in [-0.4, -0.2) is 28.5 Å². The maximum absolute atomic E-state index is 13.4. The van der Waals surface area contributed by atoms with Crippen LogP contribution in [-0.2, 0) is 21.2 Å². The Morgan fingerprint density at radius 2 is 1.85 bits per heavy atom. The molecule has 0 aliphatic rings. The molecule has 0 spiro atoms. The number of rotatable bonds is 4. The van der Waals surface area contributed by atoms with Crippen molar-refractivity contribution in [2.45, 2.75) is 18.2 Å². The zero-order valence-electron chi connectivity index (χ0n) is 14.5. The number of benzene rings is 2. The first-order valence-electron chi connectivity index (χ1n) is 8.29. The Labute approximate surface area is 155 Å². The molecule has 2 heterocycles. The Bertz CT molecular complexity index is 1310. The Morgan fingerprint density at radius 1 is 1.11 bits per heavy atom. The van der Waals surface area contributed by atoms with E-state index in [0.29, 0.717) is 22.2 Å².